The van der Waals surface area contributed by atoms with Gasteiger partial charge >= 0.3 is 5.97 Å². The first kappa shape index (κ1) is 16.8. The Bertz CT molecular complexity index is 640. The highest BCUT2D eigenvalue weighted by molar-refractivity contribution is 5.88. The van der Waals surface area contributed by atoms with Crippen molar-refractivity contribution < 1.29 is 14.3 Å². The largest absolute Gasteiger partial charge is 0.494 e. The summed E-state index contributed by atoms with van der Waals surface area (Å²) in [7, 11) is 0. The number of ether oxygens (including phenoxy) is 2. The smallest absolute Gasteiger partial charge is 0.336 e. The van der Waals surface area contributed by atoms with Gasteiger partial charge in [0.05, 0.1) is 6.61 Å². The van der Waals surface area contributed by atoms with Crippen molar-refractivity contribution in [2.24, 2.45) is 0 Å². The quantitative estimate of drug-likeness (QED) is 0.424. The molecule has 23 heavy (non-hydrogen) atoms. The third-order valence-corrected chi connectivity index (χ3v) is 3.28. The lowest BCUT2D eigenvalue weighted by molar-refractivity contribution is -0.128. The van der Waals surface area contributed by atoms with Crippen molar-refractivity contribution in [2.45, 2.75) is 26.7 Å². The first-order valence-electron chi connectivity index (χ1n) is 7.93. The van der Waals surface area contributed by atoms with Gasteiger partial charge in [0, 0.05) is 6.08 Å². The van der Waals surface area contributed by atoms with E-state index in [2.05, 4.69) is 6.92 Å². The van der Waals surface area contributed by atoms with Crippen LogP contribution in [0, 0.1) is 0 Å². The van der Waals surface area contributed by atoms with Crippen LogP contribution in [0.25, 0.3) is 6.08 Å². The van der Waals surface area contributed by atoms with E-state index in [0.29, 0.717) is 12.4 Å². The topological polar surface area (TPSA) is 35.5 Å². The average molecular weight is 310 g/mol. The molecule has 0 amide bonds. The fourth-order valence-corrected chi connectivity index (χ4v) is 2.17. The minimum atomic E-state index is -0.387. The minimum absolute atomic E-state index is 0.387. The van der Waals surface area contributed by atoms with Gasteiger partial charge in [0.1, 0.15) is 11.5 Å². The van der Waals surface area contributed by atoms with Crippen molar-refractivity contribution in [1.29, 1.82) is 0 Å². The fourth-order valence-electron chi connectivity index (χ4n) is 2.17. The van der Waals surface area contributed by atoms with Crippen molar-refractivity contribution in [1.82, 2.24) is 0 Å². The summed E-state index contributed by atoms with van der Waals surface area (Å²) in [4.78, 5) is 11.8. The molecule has 0 saturated heterocycles. The Hall–Kier alpha value is -2.55. The van der Waals surface area contributed by atoms with Gasteiger partial charge < -0.3 is 9.47 Å². The van der Waals surface area contributed by atoms with Crippen LogP contribution in [0.1, 0.15) is 31.4 Å². The zero-order valence-electron chi connectivity index (χ0n) is 13.6. The number of hydrogen-bond donors (Lipinski definition) is 0. The summed E-state index contributed by atoms with van der Waals surface area (Å²) < 4.78 is 10.7. The van der Waals surface area contributed by atoms with Gasteiger partial charge in [-0.25, -0.2) is 4.79 Å². The predicted octanol–water partition coefficient (Wildman–Crippen LogP) is 4.66. The summed E-state index contributed by atoms with van der Waals surface area (Å²) in [6.45, 7) is 4.72. The summed E-state index contributed by atoms with van der Waals surface area (Å²) in [5, 5.41) is 0. The molecule has 120 valence electrons. The Balaban J connectivity index is 1.90. The lowest BCUT2D eigenvalue weighted by Crippen LogP contribution is -2.03. The SMILES string of the molecule is CCCc1ccc(OC(=O)C=Cc2ccc(OCC)cc2)cc1. The second-order valence-corrected chi connectivity index (χ2v) is 5.15. The normalized spacial score (nSPS) is 10.7. The van der Waals surface area contributed by atoms with E-state index in [9.17, 15) is 4.79 Å². The van der Waals surface area contributed by atoms with Crippen molar-refractivity contribution in [2.75, 3.05) is 6.61 Å². The predicted molar refractivity (Wildman–Crippen MR) is 92.7 cm³/mol. The van der Waals surface area contributed by atoms with Crippen molar-refractivity contribution in [3.05, 3.63) is 65.7 Å². The summed E-state index contributed by atoms with van der Waals surface area (Å²) in [6, 6.07) is 15.2. The van der Waals surface area contributed by atoms with E-state index >= 15 is 0 Å². The molecule has 0 fully saturated rings. The van der Waals surface area contributed by atoms with Crippen molar-refractivity contribution in [3.8, 4) is 11.5 Å². The fraction of sp³-hybridized carbons (Fsp3) is 0.250. The van der Waals surface area contributed by atoms with E-state index in [1.165, 1.54) is 11.6 Å². The van der Waals surface area contributed by atoms with Crippen LogP contribution in [0.5, 0.6) is 11.5 Å². The first-order chi connectivity index (χ1) is 11.2. The first-order valence-corrected chi connectivity index (χ1v) is 7.93. The molecule has 3 nitrogen and oxygen atoms in total. The summed E-state index contributed by atoms with van der Waals surface area (Å²) in [6.07, 6.45) is 5.29. The molecule has 2 rings (SSSR count). The monoisotopic (exact) mass is 310 g/mol. The van der Waals surface area contributed by atoms with Gasteiger partial charge in [-0.05, 0) is 54.8 Å². The highest BCUT2D eigenvalue weighted by Gasteiger charge is 2.01. The molecule has 0 N–H and O–H groups in total. The lowest BCUT2D eigenvalue weighted by Gasteiger charge is -2.03. The highest BCUT2D eigenvalue weighted by atomic mass is 16.5. The molecule has 0 unspecified atom stereocenters. The maximum atomic E-state index is 11.8. The second kappa shape index (κ2) is 8.79. The van der Waals surface area contributed by atoms with Gasteiger partial charge in [0.25, 0.3) is 0 Å². The summed E-state index contributed by atoms with van der Waals surface area (Å²) in [5.41, 5.74) is 2.17. The number of hydrogen-bond acceptors (Lipinski definition) is 3. The van der Waals surface area contributed by atoms with Crippen LogP contribution in [-0.2, 0) is 11.2 Å². The minimum Gasteiger partial charge on any atom is -0.494 e. The summed E-state index contributed by atoms with van der Waals surface area (Å²) in [5.74, 6) is 0.993. The Labute approximate surface area is 137 Å². The van der Waals surface area contributed by atoms with E-state index in [1.54, 1.807) is 6.08 Å². The Morgan fingerprint density at radius 2 is 1.61 bits per heavy atom. The Morgan fingerprint density at radius 1 is 0.957 bits per heavy atom. The average Bonchev–Trinajstić information content (AvgIpc) is 2.57. The van der Waals surface area contributed by atoms with Gasteiger partial charge in [-0.15, -0.1) is 0 Å². The van der Waals surface area contributed by atoms with E-state index in [1.807, 2.05) is 55.5 Å². The zero-order chi connectivity index (χ0) is 16.5. The number of aryl methyl sites for hydroxylation is 1. The van der Waals surface area contributed by atoms with E-state index in [4.69, 9.17) is 9.47 Å². The van der Waals surface area contributed by atoms with Gasteiger partial charge in [-0.3, -0.25) is 0 Å². The van der Waals surface area contributed by atoms with Crippen molar-refractivity contribution >= 4 is 12.0 Å². The molecule has 0 radical (unpaired) electrons. The van der Waals surface area contributed by atoms with Crippen molar-refractivity contribution in [3.63, 3.8) is 0 Å². The van der Waals surface area contributed by atoms with E-state index in [0.717, 1.165) is 24.2 Å². The molecular formula is C20H22O3. The van der Waals surface area contributed by atoms with Crippen LogP contribution in [0.4, 0.5) is 0 Å². The molecule has 0 bridgehead atoms. The van der Waals surface area contributed by atoms with Gasteiger partial charge in [0.2, 0.25) is 0 Å². The third-order valence-electron chi connectivity index (χ3n) is 3.28. The van der Waals surface area contributed by atoms with Crippen LogP contribution in [0.15, 0.2) is 54.6 Å². The number of esters is 1. The molecule has 0 saturated carbocycles. The molecule has 0 aliphatic rings. The van der Waals surface area contributed by atoms with Crippen LogP contribution in [-0.4, -0.2) is 12.6 Å². The van der Waals surface area contributed by atoms with Gasteiger partial charge in [-0.2, -0.15) is 0 Å². The second-order valence-electron chi connectivity index (χ2n) is 5.15. The molecule has 2 aromatic carbocycles. The van der Waals surface area contributed by atoms with Crippen LogP contribution < -0.4 is 9.47 Å². The molecule has 0 aromatic heterocycles. The number of carbonyl (C=O) groups is 1. The summed E-state index contributed by atoms with van der Waals surface area (Å²) >= 11 is 0. The molecular weight excluding hydrogens is 288 g/mol. The Morgan fingerprint density at radius 3 is 2.22 bits per heavy atom. The number of benzene rings is 2. The van der Waals surface area contributed by atoms with Gasteiger partial charge in [-0.1, -0.05) is 37.6 Å². The molecule has 0 atom stereocenters. The standard InChI is InChI=1S/C20H22O3/c1-3-5-16-8-13-19(14-9-16)23-20(21)15-10-17-6-11-18(12-7-17)22-4-2/h6-15H,3-5H2,1-2H3. The van der Waals surface area contributed by atoms with E-state index in [-0.39, 0.29) is 5.97 Å². The third kappa shape index (κ3) is 5.62. The molecule has 2 aromatic rings. The van der Waals surface area contributed by atoms with Crippen LogP contribution in [0.2, 0.25) is 0 Å². The van der Waals surface area contributed by atoms with Gasteiger partial charge in [0.15, 0.2) is 0 Å². The molecule has 0 heterocycles. The number of carbonyl (C=O) groups excluding carboxylic acids is 1. The molecule has 3 heteroatoms. The maximum Gasteiger partial charge on any atom is 0.336 e. The highest BCUT2D eigenvalue weighted by Crippen LogP contribution is 2.15. The zero-order valence-corrected chi connectivity index (χ0v) is 13.6. The lowest BCUT2D eigenvalue weighted by atomic mass is 10.1. The molecule has 0 spiro atoms. The van der Waals surface area contributed by atoms with Crippen LogP contribution >= 0.6 is 0 Å². The molecule has 0 aliphatic heterocycles. The van der Waals surface area contributed by atoms with Crippen LogP contribution in [0.3, 0.4) is 0 Å². The maximum absolute atomic E-state index is 11.8. The molecule has 0 aliphatic carbocycles. The van der Waals surface area contributed by atoms with E-state index < -0.39 is 0 Å². The Kier molecular flexibility index (Phi) is 6.42. The number of rotatable bonds is 7.